The van der Waals surface area contributed by atoms with Gasteiger partial charge in [0.05, 0.1) is 35.4 Å². The normalized spacial score (nSPS) is 16.7. The van der Waals surface area contributed by atoms with Crippen LogP contribution in [0.2, 0.25) is 5.02 Å². The number of nitrogens with one attached hydrogen (secondary N) is 2. The van der Waals surface area contributed by atoms with Crippen molar-refractivity contribution in [2.45, 2.75) is 13.0 Å². The Morgan fingerprint density at radius 2 is 2.00 bits per heavy atom. The Morgan fingerprint density at radius 1 is 1.13 bits per heavy atom. The molecule has 4 rings (SSSR count). The van der Waals surface area contributed by atoms with Crippen LogP contribution in [0.4, 0.5) is 0 Å². The molecule has 0 fully saturated rings. The third kappa shape index (κ3) is 5.72. The van der Waals surface area contributed by atoms with Crippen LogP contribution >= 0.6 is 22.9 Å². The van der Waals surface area contributed by atoms with E-state index in [0.29, 0.717) is 48.9 Å². The molecule has 2 amide bonds. The van der Waals surface area contributed by atoms with Gasteiger partial charge in [-0.1, -0.05) is 23.7 Å². The lowest BCUT2D eigenvalue weighted by Gasteiger charge is -2.21. The van der Waals surface area contributed by atoms with Crippen LogP contribution in [0.5, 0.6) is 5.75 Å². The lowest BCUT2D eigenvalue weighted by atomic mass is 10.2. The summed E-state index contributed by atoms with van der Waals surface area (Å²) < 4.78 is 6.84. The van der Waals surface area contributed by atoms with Gasteiger partial charge in [0, 0.05) is 18.1 Å². The van der Waals surface area contributed by atoms with Crippen molar-refractivity contribution in [1.29, 1.82) is 0 Å². The molecule has 0 bridgehead atoms. The van der Waals surface area contributed by atoms with E-state index in [1.54, 1.807) is 29.5 Å². The molecule has 9 heteroatoms. The van der Waals surface area contributed by atoms with Crippen molar-refractivity contribution in [2.75, 3.05) is 32.8 Å². The molecule has 0 atom stereocenters. The Morgan fingerprint density at radius 3 is 2.87 bits per heavy atom. The number of thiazole rings is 1. The summed E-state index contributed by atoms with van der Waals surface area (Å²) in [5, 5.41) is 7.23. The zero-order valence-electron chi connectivity index (χ0n) is 16.9. The van der Waals surface area contributed by atoms with Gasteiger partial charge in [-0.15, -0.1) is 11.3 Å². The van der Waals surface area contributed by atoms with E-state index in [4.69, 9.17) is 16.3 Å². The fourth-order valence-electron chi connectivity index (χ4n) is 3.41. The zero-order chi connectivity index (χ0) is 21.6. The highest BCUT2D eigenvalue weighted by Crippen LogP contribution is 2.24. The quantitative estimate of drug-likeness (QED) is 0.616. The standard InChI is InChI=1S/C22H23ClN4O3S/c23-15-6-7-18-16(12-15)22(29)25-8-3-10-27(13-20(28)24-9-11-30-18)14-21-26-17-4-1-2-5-19(17)31-21/h1-2,4-7,12H,3,8-11,13-14H2,(H,24,28)(H,25,29). The molecule has 0 aliphatic carbocycles. The number of halogens is 1. The van der Waals surface area contributed by atoms with E-state index < -0.39 is 0 Å². The molecule has 0 spiro atoms. The van der Waals surface area contributed by atoms with Crippen LogP contribution in [-0.2, 0) is 11.3 Å². The maximum Gasteiger partial charge on any atom is 0.255 e. The fraction of sp³-hybridized carbons (Fsp3) is 0.318. The van der Waals surface area contributed by atoms with Gasteiger partial charge in [0.1, 0.15) is 17.4 Å². The molecule has 0 saturated carbocycles. The summed E-state index contributed by atoms with van der Waals surface area (Å²) in [5.41, 5.74) is 1.36. The first-order valence-electron chi connectivity index (χ1n) is 10.1. The number of carbonyl (C=O) groups excluding carboxylic acids is 2. The Labute approximate surface area is 189 Å². The van der Waals surface area contributed by atoms with Crippen molar-refractivity contribution in [1.82, 2.24) is 20.5 Å². The van der Waals surface area contributed by atoms with E-state index in [-0.39, 0.29) is 25.0 Å². The molecule has 31 heavy (non-hydrogen) atoms. The number of rotatable bonds is 2. The number of amides is 2. The van der Waals surface area contributed by atoms with Crippen LogP contribution in [0.1, 0.15) is 21.8 Å². The number of aromatic nitrogens is 1. The van der Waals surface area contributed by atoms with E-state index in [1.807, 2.05) is 24.3 Å². The Bertz CT molecular complexity index is 1050. The lowest BCUT2D eigenvalue weighted by molar-refractivity contribution is -0.122. The predicted octanol–water partition coefficient (Wildman–Crippen LogP) is 3.08. The largest absolute Gasteiger partial charge is 0.491 e. The molecule has 1 aliphatic rings. The molecule has 0 radical (unpaired) electrons. The molecule has 162 valence electrons. The van der Waals surface area contributed by atoms with Crippen LogP contribution in [-0.4, -0.2) is 54.5 Å². The van der Waals surface area contributed by atoms with Crippen molar-refractivity contribution >= 4 is 45.0 Å². The second-order valence-electron chi connectivity index (χ2n) is 7.23. The van der Waals surface area contributed by atoms with Crippen molar-refractivity contribution in [2.24, 2.45) is 0 Å². The number of para-hydroxylation sites is 1. The van der Waals surface area contributed by atoms with Crippen LogP contribution in [0.25, 0.3) is 10.2 Å². The average molecular weight is 459 g/mol. The first kappa shape index (κ1) is 21.5. The van der Waals surface area contributed by atoms with Gasteiger partial charge in [-0.25, -0.2) is 4.98 Å². The summed E-state index contributed by atoms with van der Waals surface area (Å²) in [6, 6.07) is 12.9. The van der Waals surface area contributed by atoms with E-state index in [2.05, 4.69) is 20.5 Å². The van der Waals surface area contributed by atoms with Gasteiger partial charge in [0.15, 0.2) is 0 Å². The van der Waals surface area contributed by atoms with Crippen LogP contribution in [0, 0.1) is 0 Å². The Hall–Kier alpha value is -2.68. The number of ether oxygens (including phenoxy) is 1. The number of benzene rings is 2. The third-order valence-corrected chi connectivity index (χ3v) is 6.13. The van der Waals surface area contributed by atoms with Gasteiger partial charge >= 0.3 is 0 Å². The Kier molecular flexibility index (Phi) is 7.01. The smallest absolute Gasteiger partial charge is 0.255 e. The molecule has 1 aromatic heterocycles. The average Bonchev–Trinajstić information content (AvgIpc) is 3.16. The minimum Gasteiger partial charge on any atom is -0.491 e. The summed E-state index contributed by atoms with van der Waals surface area (Å²) in [5.74, 6) is 0.157. The lowest BCUT2D eigenvalue weighted by Crippen LogP contribution is -2.40. The summed E-state index contributed by atoms with van der Waals surface area (Å²) in [6.45, 7) is 2.57. The van der Waals surface area contributed by atoms with Gasteiger partial charge in [0.2, 0.25) is 5.91 Å². The van der Waals surface area contributed by atoms with Gasteiger partial charge in [-0.3, -0.25) is 14.5 Å². The summed E-state index contributed by atoms with van der Waals surface area (Å²) in [6.07, 6.45) is 0.695. The highest BCUT2D eigenvalue weighted by molar-refractivity contribution is 7.18. The maximum absolute atomic E-state index is 12.6. The second kappa shape index (κ2) is 10.1. The van der Waals surface area contributed by atoms with Crippen molar-refractivity contribution in [3.63, 3.8) is 0 Å². The molecule has 2 aromatic carbocycles. The van der Waals surface area contributed by atoms with E-state index in [9.17, 15) is 9.59 Å². The number of carbonyl (C=O) groups is 2. The van der Waals surface area contributed by atoms with Gasteiger partial charge < -0.3 is 15.4 Å². The topological polar surface area (TPSA) is 83.6 Å². The number of fused-ring (bicyclic) bond motifs is 2. The van der Waals surface area contributed by atoms with Crippen LogP contribution in [0.15, 0.2) is 42.5 Å². The molecule has 3 aromatic rings. The molecule has 2 N–H and O–H groups in total. The highest BCUT2D eigenvalue weighted by Gasteiger charge is 2.17. The van der Waals surface area contributed by atoms with E-state index >= 15 is 0 Å². The van der Waals surface area contributed by atoms with Gasteiger partial charge in [0.25, 0.3) is 5.91 Å². The second-order valence-corrected chi connectivity index (χ2v) is 8.79. The number of hydrogen-bond donors (Lipinski definition) is 2. The Balaban J connectivity index is 1.45. The molecule has 0 saturated heterocycles. The minimum absolute atomic E-state index is 0.0675. The number of nitrogens with zero attached hydrogens (tertiary/aromatic N) is 2. The highest BCUT2D eigenvalue weighted by atomic mass is 35.5. The molecule has 0 unspecified atom stereocenters. The van der Waals surface area contributed by atoms with Crippen LogP contribution < -0.4 is 15.4 Å². The van der Waals surface area contributed by atoms with Crippen molar-refractivity contribution in [3.8, 4) is 5.75 Å². The summed E-state index contributed by atoms with van der Waals surface area (Å²) >= 11 is 7.69. The third-order valence-electron chi connectivity index (χ3n) is 4.87. The van der Waals surface area contributed by atoms with Crippen LogP contribution in [0.3, 0.4) is 0 Å². The van der Waals surface area contributed by atoms with Gasteiger partial charge in [-0.2, -0.15) is 0 Å². The summed E-state index contributed by atoms with van der Waals surface area (Å²) in [4.78, 5) is 31.8. The van der Waals surface area contributed by atoms with Gasteiger partial charge in [-0.05, 0) is 36.8 Å². The fourth-order valence-corrected chi connectivity index (χ4v) is 4.59. The molecule has 1 aliphatic heterocycles. The SMILES string of the molecule is O=C1CN(Cc2nc3ccccc3s2)CCCNC(=O)c2cc(Cl)ccc2OCCN1. The first-order valence-corrected chi connectivity index (χ1v) is 11.3. The van der Waals surface area contributed by atoms with Crippen molar-refractivity contribution < 1.29 is 14.3 Å². The van der Waals surface area contributed by atoms with E-state index in [0.717, 1.165) is 15.2 Å². The summed E-state index contributed by atoms with van der Waals surface area (Å²) in [7, 11) is 0. The van der Waals surface area contributed by atoms with Crippen molar-refractivity contribution in [3.05, 3.63) is 58.1 Å². The molecular formula is C22H23ClN4O3S. The monoisotopic (exact) mass is 458 g/mol. The number of hydrogen-bond acceptors (Lipinski definition) is 6. The van der Waals surface area contributed by atoms with E-state index in [1.165, 1.54) is 0 Å². The zero-order valence-corrected chi connectivity index (χ0v) is 18.5. The first-order chi connectivity index (χ1) is 15.1. The minimum atomic E-state index is -0.226. The predicted molar refractivity (Wildman–Crippen MR) is 122 cm³/mol. The molecular weight excluding hydrogens is 436 g/mol. The molecule has 2 heterocycles. The maximum atomic E-state index is 12.6. The molecule has 7 nitrogen and oxygen atoms in total.